The topological polar surface area (TPSA) is 92.9 Å². The van der Waals surface area contributed by atoms with E-state index >= 15 is 8.78 Å². The molecule has 4 heterocycles. The number of thioether (sulfide) groups is 1. The van der Waals surface area contributed by atoms with Crippen molar-refractivity contribution in [2.75, 3.05) is 62.6 Å². The van der Waals surface area contributed by atoms with Gasteiger partial charge in [-0.15, -0.1) is 0 Å². The van der Waals surface area contributed by atoms with Gasteiger partial charge in [-0.25, -0.2) is 18.7 Å². The van der Waals surface area contributed by atoms with Crippen molar-refractivity contribution in [2.45, 2.75) is 19.4 Å². The van der Waals surface area contributed by atoms with Gasteiger partial charge in [-0.2, -0.15) is 16.7 Å². The molecule has 2 aromatic heterocycles. The lowest BCUT2D eigenvalue weighted by Crippen LogP contribution is -2.51. The van der Waals surface area contributed by atoms with Crippen molar-refractivity contribution in [1.29, 1.82) is 0 Å². The van der Waals surface area contributed by atoms with Gasteiger partial charge in [0.25, 0.3) is 5.91 Å². The Morgan fingerprint density at radius 1 is 0.929 bits per heavy atom. The maximum absolute atomic E-state index is 15.3. The van der Waals surface area contributed by atoms with Crippen molar-refractivity contribution < 1.29 is 19.0 Å². The highest BCUT2D eigenvalue weighted by atomic mass is 32.2. The molecule has 2 aromatic carbocycles. The van der Waals surface area contributed by atoms with E-state index in [1.54, 1.807) is 34.8 Å². The minimum Gasteiger partial charge on any atom is -0.349 e. The van der Waals surface area contributed by atoms with Gasteiger partial charge in [-0.1, -0.05) is 19.1 Å². The fraction of sp³-hybridized carbons (Fsp3) is 0.400. The number of likely N-dealkylation sites (N-methyl/N-ethyl adjacent to an activating group) is 1. The van der Waals surface area contributed by atoms with E-state index in [9.17, 15) is 10.2 Å². The molecule has 0 radical (unpaired) electrons. The second-order valence-electron chi connectivity index (χ2n) is 10.7. The summed E-state index contributed by atoms with van der Waals surface area (Å²) in [4.78, 5) is 15.2. The van der Waals surface area contributed by atoms with Gasteiger partial charge in [-0.3, -0.25) is 4.90 Å². The van der Waals surface area contributed by atoms with E-state index in [4.69, 9.17) is 0 Å². The van der Waals surface area contributed by atoms with Crippen molar-refractivity contribution in [3.05, 3.63) is 77.6 Å². The molecule has 0 spiro atoms. The average molecular weight is 596 g/mol. The lowest BCUT2D eigenvalue weighted by atomic mass is 10.1. The molecule has 0 unspecified atom stereocenters. The Hall–Kier alpha value is -3.13. The molecule has 6 rings (SSSR count). The summed E-state index contributed by atoms with van der Waals surface area (Å²) in [5.41, 5.74) is 1.90. The number of halogens is 2. The maximum Gasteiger partial charge on any atom is 0.259 e. The van der Waals surface area contributed by atoms with Crippen LogP contribution in [-0.4, -0.2) is 96.8 Å². The Labute approximate surface area is 247 Å². The van der Waals surface area contributed by atoms with Gasteiger partial charge in [0.2, 0.25) is 5.95 Å². The number of hydrogen-bond donors (Lipinski definition) is 3. The number of nitrogens with zero attached hydrogens (tertiary/aromatic N) is 6. The van der Waals surface area contributed by atoms with Crippen LogP contribution >= 0.6 is 11.8 Å². The summed E-state index contributed by atoms with van der Waals surface area (Å²) in [7, 11) is 0. The van der Waals surface area contributed by atoms with Crippen molar-refractivity contribution >= 4 is 34.4 Å². The normalized spacial score (nSPS) is 17.6. The summed E-state index contributed by atoms with van der Waals surface area (Å²) in [5.74, 6) is -3.20. The zero-order chi connectivity index (χ0) is 29.3. The van der Waals surface area contributed by atoms with E-state index in [0.29, 0.717) is 41.6 Å². The molecular formula is C30H35F2N7O2S. The highest BCUT2D eigenvalue weighted by Gasteiger charge is 2.40. The monoisotopic (exact) mass is 595 g/mol. The van der Waals surface area contributed by atoms with Gasteiger partial charge >= 0.3 is 0 Å². The highest BCUT2D eigenvalue weighted by molar-refractivity contribution is 7.99. The summed E-state index contributed by atoms with van der Waals surface area (Å²) < 4.78 is 32.1. The third-order valence-corrected chi connectivity index (χ3v) is 8.99. The standard InChI is InChI=1S/C30H35F2N7O2S/c1-2-36-9-11-37(12-10-36)20-21-3-5-23(6-4-21)34-29-33-19-22-7-8-39(28(22)35-29)24-17-25(31)27(26(32)18-24)30(40,41)38-13-15-42-16-14-38/h3-8,17-19,40-41H,2,9-16,20H2,1H3,(H,33,34,35). The van der Waals surface area contributed by atoms with Crippen molar-refractivity contribution in [3.63, 3.8) is 0 Å². The van der Waals surface area contributed by atoms with Crippen LogP contribution in [0.5, 0.6) is 0 Å². The van der Waals surface area contributed by atoms with E-state index in [-0.39, 0.29) is 5.69 Å². The first-order chi connectivity index (χ1) is 20.3. The number of aliphatic hydroxyl groups is 2. The van der Waals surface area contributed by atoms with Crippen LogP contribution in [-0.2, 0) is 12.5 Å². The fourth-order valence-electron chi connectivity index (χ4n) is 5.58. The van der Waals surface area contributed by atoms with Crippen LogP contribution < -0.4 is 5.32 Å². The van der Waals surface area contributed by atoms with E-state index in [2.05, 4.69) is 44.1 Å². The molecule has 4 aromatic rings. The van der Waals surface area contributed by atoms with Crippen molar-refractivity contribution in [3.8, 4) is 5.69 Å². The number of aromatic nitrogens is 3. The first-order valence-corrected chi connectivity index (χ1v) is 15.4. The SMILES string of the molecule is CCN1CCN(Cc2ccc(Nc3ncc4ccn(-c5cc(F)c(C(O)(O)N6CCSCC6)c(F)c5)c4n3)cc2)CC1. The van der Waals surface area contributed by atoms with Crippen molar-refractivity contribution in [1.82, 2.24) is 29.2 Å². The highest BCUT2D eigenvalue weighted by Crippen LogP contribution is 2.32. The molecule has 0 aliphatic carbocycles. The van der Waals surface area contributed by atoms with Crippen LogP contribution in [0.15, 0.2) is 54.9 Å². The number of rotatable bonds is 8. The number of anilines is 2. The number of benzene rings is 2. The summed E-state index contributed by atoms with van der Waals surface area (Å²) >= 11 is 1.65. The lowest BCUT2D eigenvalue weighted by molar-refractivity contribution is -0.276. The first kappa shape index (κ1) is 29.0. The van der Waals surface area contributed by atoms with E-state index in [0.717, 1.165) is 57.1 Å². The number of nitrogens with one attached hydrogen (secondary N) is 1. The number of hydrogen-bond acceptors (Lipinski definition) is 9. The predicted octanol–water partition coefficient (Wildman–Crippen LogP) is 3.72. The van der Waals surface area contributed by atoms with Gasteiger partial charge in [0.15, 0.2) is 0 Å². The average Bonchev–Trinajstić information content (AvgIpc) is 3.42. The Bertz CT molecular complexity index is 1510. The summed E-state index contributed by atoms with van der Waals surface area (Å²) in [6.07, 6.45) is 3.30. The Morgan fingerprint density at radius 2 is 1.60 bits per heavy atom. The van der Waals surface area contributed by atoms with Crippen LogP contribution in [0.25, 0.3) is 16.7 Å². The molecule has 0 saturated carbocycles. The molecule has 2 aliphatic heterocycles. The van der Waals surface area contributed by atoms with Gasteiger partial charge in [0, 0.05) is 80.8 Å². The molecule has 2 saturated heterocycles. The predicted molar refractivity (Wildman–Crippen MR) is 161 cm³/mol. The molecule has 2 aliphatic rings. The molecule has 42 heavy (non-hydrogen) atoms. The van der Waals surface area contributed by atoms with Crippen molar-refractivity contribution in [2.24, 2.45) is 0 Å². The molecule has 0 amide bonds. The Kier molecular flexibility index (Phi) is 8.44. The molecule has 3 N–H and O–H groups in total. The molecule has 2 fully saturated rings. The maximum atomic E-state index is 15.3. The van der Waals surface area contributed by atoms with Crippen LogP contribution in [0.4, 0.5) is 20.4 Å². The quantitative estimate of drug-likeness (QED) is 0.264. The third-order valence-electron chi connectivity index (χ3n) is 8.05. The van der Waals surface area contributed by atoms with Crippen LogP contribution in [0.3, 0.4) is 0 Å². The zero-order valence-electron chi connectivity index (χ0n) is 23.5. The largest absolute Gasteiger partial charge is 0.349 e. The lowest BCUT2D eigenvalue weighted by Gasteiger charge is -2.37. The number of piperazine rings is 1. The summed E-state index contributed by atoms with van der Waals surface area (Å²) in [6, 6.07) is 12.1. The van der Waals surface area contributed by atoms with Gasteiger partial charge in [-0.05, 0) is 42.4 Å². The third kappa shape index (κ3) is 6.01. The molecule has 0 atom stereocenters. The first-order valence-electron chi connectivity index (χ1n) is 14.2. The smallest absolute Gasteiger partial charge is 0.259 e. The molecule has 0 bridgehead atoms. The second-order valence-corrected chi connectivity index (χ2v) is 11.9. The minimum absolute atomic E-state index is 0.169. The molecule has 9 nitrogen and oxygen atoms in total. The van der Waals surface area contributed by atoms with Crippen LogP contribution in [0, 0.1) is 11.6 Å². The van der Waals surface area contributed by atoms with E-state index in [1.807, 2.05) is 12.1 Å². The van der Waals surface area contributed by atoms with E-state index < -0.39 is 23.1 Å². The Morgan fingerprint density at radius 3 is 2.26 bits per heavy atom. The van der Waals surface area contributed by atoms with Crippen LogP contribution in [0.1, 0.15) is 18.1 Å². The molecule has 12 heteroatoms. The summed E-state index contributed by atoms with van der Waals surface area (Å²) in [5, 5.41) is 25.3. The molecule has 222 valence electrons. The minimum atomic E-state index is -2.74. The van der Waals surface area contributed by atoms with Gasteiger partial charge in [0.1, 0.15) is 17.3 Å². The van der Waals surface area contributed by atoms with Gasteiger partial charge < -0.3 is 25.0 Å². The number of fused-ring (bicyclic) bond motifs is 1. The molecular weight excluding hydrogens is 560 g/mol. The van der Waals surface area contributed by atoms with Gasteiger partial charge in [0.05, 0.1) is 11.3 Å². The second kappa shape index (κ2) is 12.2. The zero-order valence-corrected chi connectivity index (χ0v) is 24.3. The summed E-state index contributed by atoms with van der Waals surface area (Å²) in [6.45, 7) is 9.16. The fourth-order valence-corrected chi connectivity index (χ4v) is 6.49. The van der Waals surface area contributed by atoms with Crippen LogP contribution in [0.2, 0.25) is 0 Å². The Balaban J connectivity index is 1.19. The van der Waals surface area contributed by atoms with E-state index in [1.165, 1.54) is 10.5 Å².